The number of carbonyl (C=O) groups is 1. The summed E-state index contributed by atoms with van der Waals surface area (Å²) in [6.45, 7) is 0. The molecule has 5 heteroatoms. The van der Waals surface area contributed by atoms with Gasteiger partial charge >= 0.3 is 64.7 Å². The molecule has 0 aliphatic rings. The summed E-state index contributed by atoms with van der Waals surface area (Å²) in [5, 5.41) is 1.79. The number of thiophene rings is 1. The molecule has 0 amide bonds. The number of carbonyl (C=O) groups excluding carboxylic acids is 1. The summed E-state index contributed by atoms with van der Waals surface area (Å²) in [5.41, 5.74) is 0. The SMILES string of the molecule is O.O=C([O][Cu])c1cccs1. The third kappa shape index (κ3) is 2.11. The molecule has 1 aromatic rings. The van der Waals surface area contributed by atoms with Gasteiger partial charge in [-0.25, -0.2) is 0 Å². The Morgan fingerprint density at radius 1 is 1.70 bits per heavy atom. The second-order valence-electron chi connectivity index (χ2n) is 1.33. The van der Waals surface area contributed by atoms with Crippen molar-refractivity contribution in [3.8, 4) is 0 Å². The van der Waals surface area contributed by atoms with Gasteiger partial charge < -0.3 is 5.48 Å². The molecule has 0 saturated heterocycles. The molecule has 0 aliphatic heterocycles. The van der Waals surface area contributed by atoms with E-state index in [-0.39, 0.29) is 5.48 Å². The van der Waals surface area contributed by atoms with Crippen LogP contribution in [-0.4, -0.2) is 11.4 Å². The molecular weight excluding hydrogens is 204 g/mol. The molecular formula is C5H5CuO3S. The standard InChI is InChI=1S/C5H4O2S.Cu.H2O/c6-5(7)4-2-1-3-8-4;;/h1-3H,(H,6,7);;1H2/q;+1;/p-1. The molecule has 1 aromatic heterocycles. The quantitative estimate of drug-likeness (QED) is 0.633. The normalized spacial score (nSPS) is 8.20. The summed E-state index contributed by atoms with van der Waals surface area (Å²) in [5.74, 6) is -0.454. The van der Waals surface area contributed by atoms with E-state index in [0.29, 0.717) is 4.88 Å². The first-order valence-corrected chi connectivity index (χ1v) is 3.44. The first-order chi connectivity index (χ1) is 4.34. The summed E-state index contributed by atoms with van der Waals surface area (Å²) >= 11 is 5.53. The Kier molecular flexibility index (Phi) is 4.31. The zero-order valence-corrected chi connectivity index (χ0v) is 6.52. The van der Waals surface area contributed by atoms with Crippen molar-refractivity contribution < 1.29 is 30.4 Å². The molecule has 0 unspecified atom stereocenters. The second-order valence-corrected chi connectivity index (χ2v) is 2.47. The average molecular weight is 209 g/mol. The zero-order chi connectivity index (χ0) is 6.69. The van der Waals surface area contributed by atoms with E-state index in [9.17, 15) is 4.79 Å². The maximum absolute atomic E-state index is 10.6. The Balaban J connectivity index is 0.000000810. The average Bonchev–Trinajstić information content (AvgIpc) is 2.37. The van der Waals surface area contributed by atoms with Crippen molar-refractivity contribution in [3.05, 3.63) is 22.4 Å². The fourth-order valence-corrected chi connectivity index (χ4v) is 1.18. The first-order valence-electron chi connectivity index (χ1n) is 2.18. The van der Waals surface area contributed by atoms with Crippen LogP contribution in [0.3, 0.4) is 0 Å². The van der Waals surface area contributed by atoms with Crippen molar-refractivity contribution in [1.29, 1.82) is 0 Å². The Morgan fingerprint density at radius 2 is 2.40 bits per heavy atom. The number of rotatable bonds is 1. The van der Waals surface area contributed by atoms with E-state index in [0.717, 1.165) is 0 Å². The maximum atomic E-state index is 10.6. The minimum atomic E-state index is -0.454. The molecule has 0 saturated carbocycles. The van der Waals surface area contributed by atoms with Gasteiger partial charge in [-0.2, -0.15) is 0 Å². The van der Waals surface area contributed by atoms with E-state index in [1.165, 1.54) is 11.3 Å². The molecule has 0 aromatic carbocycles. The van der Waals surface area contributed by atoms with Crippen LogP contribution in [0, 0.1) is 0 Å². The minimum absolute atomic E-state index is 0. The molecule has 0 aliphatic carbocycles. The van der Waals surface area contributed by atoms with Crippen molar-refractivity contribution in [1.82, 2.24) is 0 Å². The molecule has 1 rings (SSSR count). The third-order valence-electron chi connectivity index (χ3n) is 0.778. The van der Waals surface area contributed by atoms with E-state index < -0.39 is 5.97 Å². The molecule has 1 heterocycles. The summed E-state index contributed by atoms with van der Waals surface area (Å²) in [6.07, 6.45) is 0. The van der Waals surface area contributed by atoms with Crippen molar-refractivity contribution in [3.63, 3.8) is 0 Å². The van der Waals surface area contributed by atoms with Gasteiger partial charge in [-0.05, 0) is 0 Å². The van der Waals surface area contributed by atoms with Crippen LogP contribution in [-0.2, 0) is 20.2 Å². The van der Waals surface area contributed by atoms with E-state index in [1.54, 1.807) is 17.5 Å². The fraction of sp³-hybridized carbons (Fsp3) is 0. The van der Waals surface area contributed by atoms with Crippen LogP contribution in [0.4, 0.5) is 0 Å². The Hall–Kier alpha value is -0.351. The Morgan fingerprint density at radius 3 is 2.80 bits per heavy atom. The predicted molar refractivity (Wildman–Crippen MR) is 33.3 cm³/mol. The number of hydrogen-bond donors (Lipinski definition) is 0. The van der Waals surface area contributed by atoms with Crippen LogP contribution in [0.5, 0.6) is 0 Å². The molecule has 0 radical (unpaired) electrons. The van der Waals surface area contributed by atoms with E-state index in [4.69, 9.17) is 0 Å². The van der Waals surface area contributed by atoms with Crippen molar-refractivity contribution in [2.75, 3.05) is 0 Å². The van der Waals surface area contributed by atoms with E-state index >= 15 is 0 Å². The van der Waals surface area contributed by atoms with Gasteiger partial charge in [0, 0.05) is 0 Å². The molecule has 2 N–H and O–H groups in total. The summed E-state index contributed by atoms with van der Waals surface area (Å²) in [7, 11) is 0. The monoisotopic (exact) mass is 208 g/mol. The molecule has 3 nitrogen and oxygen atoms in total. The number of hydrogen-bond acceptors (Lipinski definition) is 3. The van der Waals surface area contributed by atoms with Crippen LogP contribution in [0.15, 0.2) is 17.5 Å². The Bertz CT molecular complexity index is 197. The summed E-state index contributed by atoms with van der Waals surface area (Å²) in [4.78, 5) is 11.1. The van der Waals surface area contributed by atoms with Crippen LogP contribution >= 0.6 is 11.3 Å². The molecule has 0 bridgehead atoms. The van der Waals surface area contributed by atoms with Gasteiger partial charge in [-0.3, -0.25) is 0 Å². The van der Waals surface area contributed by atoms with Gasteiger partial charge in [0.2, 0.25) is 0 Å². The van der Waals surface area contributed by atoms with Crippen molar-refractivity contribution in [2.24, 2.45) is 0 Å². The van der Waals surface area contributed by atoms with Crippen LogP contribution in [0.2, 0.25) is 0 Å². The topological polar surface area (TPSA) is 57.8 Å². The van der Waals surface area contributed by atoms with Crippen LogP contribution < -0.4 is 0 Å². The second kappa shape index (κ2) is 4.46. The molecule has 0 spiro atoms. The van der Waals surface area contributed by atoms with Gasteiger partial charge in [-0.15, -0.1) is 0 Å². The van der Waals surface area contributed by atoms with E-state index in [1.807, 2.05) is 0 Å². The van der Waals surface area contributed by atoms with Crippen LogP contribution in [0.1, 0.15) is 9.67 Å². The van der Waals surface area contributed by atoms with Gasteiger partial charge in [-0.1, -0.05) is 0 Å². The first kappa shape index (κ1) is 9.65. The van der Waals surface area contributed by atoms with Crippen LogP contribution in [0.25, 0.3) is 0 Å². The molecule has 0 fully saturated rings. The Labute approximate surface area is 70.5 Å². The predicted octanol–water partition coefficient (Wildman–Crippen LogP) is 0.542. The fourth-order valence-electron chi connectivity index (χ4n) is 0.425. The molecule has 60 valence electrons. The van der Waals surface area contributed by atoms with Crippen molar-refractivity contribution in [2.45, 2.75) is 0 Å². The van der Waals surface area contributed by atoms with E-state index in [2.05, 4.69) is 20.2 Å². The zero-order valence-electron chi connectivity index (χ0n) is 4.76. The van der Waals surface area contributed by atoms with Gasteiger partial charge in [0.05, 0.1) is 0 Å². The van der Waals surface area contributed by atoms with Gasteiger partial charge in [0.25, 0.3) is 0 Å². The van der Waals surface area contributed by atoms with Crippen molar-refractivity contribution >= 4 is 17.3 Å². The summed E-state index contributed by atoms with van der Waals surface area (Å²) < 4.78 is 4.03. The summed E-state index contributed by atoms with van der Waals surface area (Å²) in [6, 6.07) is 3.43. The molecule has 0 atom stereocenters. The third-order valence-corrected chi connectivity index (χ3v) is 1.80. The molecule has 10 heavy (non-hydrogen) atoms. The van der Waals surface area contributed by atoms with Gasteiger partial charge in [0.15, 0.2) is 0 Å². The van der Waals surface area contributed by atoms with Gasteiger partial charge in [0.1, 0.15) is 0 Å².